The van der Waals surface area contributed by atoms with Crippen molar-refractivity contribution in [3.05, 3.63) is 64.7 Å². The zero-order valence-electron chi connectivity index (χ0n) is 12.2. The standard InChI is InChI=1S/C15H12N6O2/c1-10-6-11(8-16-7-10)14-17-12(19-23-14)9-21-15(22)20-5-3-2-4-13(20)18-21/h2-8H,9H2,1H3. The molecule has 0 saturated carbocycles. The highest BCUT2D eigenvalue weighted by molar-refractivity contribution is 5.51. The molecule has 4 aromatic heterocycles. The minimum absolute atomic E-state index is 0.142. The van der Waals surface area contributed by atoms with Crippen molar-refractivity contribution in [2.24, 2.45) is 0 Å². The Morgan fingerprint density at radius 3 is 3.00 bits per heavy atom. The highest BCUT2D eigenvalue weighted by atomic mass is 16.5. The quantitative estimate of drug-likeness (QED) is 0.566. The predicted molar refractivity (Wildman–Crippen MR) is 80.8 cm³/mol. The highest BCUT2D eigenvalue weighted by Crippen LogP contribution is 2.16. The number of hydrogen-bond donors (Lipinski definition) is 0. The first-order valence-corrected chi connectivity index (χ1v) is 6.99. The van der Waals surface area contributed by atoms with E-state index in [-0.39, 0.29) is 12.2 Å². The van der Waals surface area contributed by atoms with Gasteiger partial charge in [0.2, 0.25) is 0 Å². The minimum atomic E-state index is -0.246. The summed E-state index contributed by atoms with van der Waals surface area (Å²) in [5.74, 6) is 0.750. The first-order chi connectivity index (χ1) is 11.2. The monoisotopic (exact) mass is 308 g/mol. The Hall–Kier alpha value is -3.29. The van der Waals surface area contributed by atoms with Crippen LogP contribution in [0.25, 0.3) is 17.1 Å². The molecular weight excluding hydrogens is 296 g/mol. The van der Waals surface area contributed by atoms with Crippen LogP contribution in [0, 0.1) is 6.92 Å². The van der Waals surface area contributed by atoms with E-state index in [2.05, 4.69) is 20.2 Å². The van der Waals surface area contributed by atoms with Gasteiger partial charge in [0.1, 0.15) is 6.54 Å². The fourth-order valence-corrected chi connectivity index (χ4v) is 2.31. The maximum absolute atomic E-state index is 12.2. The van der Waals surface area contributed by atoms with E-state index >= 15 is 0 Å². The summed E-state index contributed by atoms with van der Waals surface area (Å²) in [6.45, 7) is 2.08. The number of aryl methyl sites for hydroxylation is 1. The molecule has 4 heterocycles. The van der Waals surface area contributed by atoms with Gasteiger partial charge in [-0.15, -0.1) is 5.10 Å². The van der Waals surface area contributed by atoms with Crippen molar-refractivity contribution in [1.82, 2.24) is 29.3 Å². The molecule has 0 atom stereocenters. The topological polar surface area (TPSA) is 91.1 Å². The Morgan fingerprint density at radius 2 is 2.17 bits per heavy atom. The largest absolute Gasteiger partial charge is 0.350 e. The molecule has 0 N–H and O–H groups in total. The molecule has 4 aromatic rings. The third-order valence-electron chi connectivity index (χ3n) is 3.37. The normalized spacial score (nSPS) is 11.2. The van der Waals surface area contributed by atoms with Crippen LogP contribution in [0.4, 0.5) is 0 Å². The Labute approximate surface area is 130 Å². The van der Waals surface area contributed by atoms with Gasteiger partial charge in [0.05, 0.1) is 5.56 Å². The van der Waals surface area contributed by atoms with Gasteiger partial charge in [-0.3, -0.25) is 9.38 Å². The van der Waals surface area contributed by atoms with E-state index in [0.29, 0.717) is 17.4 Å². The van der Waals surface area contributed by atoms with Crippen molar-refractivity contribution >= 4 is 5.65 Å². The van der Waals surface area contributed by atoms with Crippen molar-refractivity contribution < 1.29 is 4.52 Å². The molecule has 0 spiro atoms. The third kappa shape index (κ3) is 2.39. The van der Waals surface area contributed by atoms with Crippen LogP contribution >= 0.6 is 0 Å². The summed E-state index contributed by atoms with van der Waals surface area (Å²) in [6, 6.07) is 7.26. The van der Waals surface area contributed by atoms with Crippen molar-refractivity contribution in [2.75, 3.05) is 0 Å². The SMILES string of the molecule is Cc1cncc(-c2nc(Cn3nc4ccccn4c3=O)no2)c1. The molecule has 114 valence electrons. The van der Waals surface area contributed by atoms with Gasteiger partial charge in [0.15, 0.2) is 11.5 Å². The minimum Gasteiger partial charge on any atom is -0.334 e. The molecule has 8 nitrogen and oxygen atoms in total. The second-order valence-corrected chi connectivity index (χ2v) is 5.14. The lowest BCUT2D eigenvalue weighted by Crippen LogP contribution is -2.22. The molecule has 0 saturated heterocycles. The molecular formula is C15H12N6O2. The maximum Gasteiger partial charge on any atom is 0.350 e. The van der Waals surface area contributed by atoms with Crippen LogP contribution in [0.1, 0.15) is 11.4 Å². The molecule has 0 aromatic carbocycles. The zero-order valence-corrected chi connectivity index (χ0v) is 12.2. The first kappa shape index (κ1) is 13.4. The zero-order chi connectivity index (χ0) is 15.8. The fraction of sp³-hybridized carbons (Fsp3) is 0.133. The average molecular weight is 308 g/mol. The summed E-state index contributed by atoms with van der Waals surface area (Å²) in [4.78, 5) is 20.6. The Bertz CT molecular complexity index is 1050. The van der Waals surface area contributed by atoms with Gasteiger partial charge >= 0.3 is 5.69 Å². The van der Waals surface area contributed by atoms with Crippen LogP contribution in [-0.4, -0.2) is 29.3 Å². The molecule has 0 unspecified atom stereocenters. The summed E-state index contributed by atoms with van der Waals surface area (Å²) in [5, 5.41) is 8.14. The van der Waals surface area contributed by atoms with E-state index < -0.39 is 0 Å². The molecule has 0 aliphatic heterocycles. The third-order valence-corrected chi connectivity index (χ3v) is 3.37. The average Bonchev–Trinajstić information content (AvgIpc) is 3.14. The van der Waals surface area contributed by atoms with Gasteiger partial charge in [-0.1, -0.05) is 11.2 Å². The fourth-order valence-electron chi connectivity index (χ4n) is 2.31. The molecule has 8 heteroatoms. The van der Waals surface area contributed by atoms with Crippen LogP contribution in [0.3, 0.4) is 0 Å². The molecule has 0 aliphatic rings. The van der Waals surface area contributed by atoms with Gasteiger partial charge in [0.25, 0.3) is 5.89 Å². The van der Waals surface area contributed by atoms with Crippen LogP contribution in [0.5, 0.6) is 0 Å². The number of hydrogen-bond acceptors (Lipinski definition) is 6. The lowest BCUT2D eigenvalue weighted by Gasteiger charge is -1.94. The van der Waals surface area contributed by atoms with Gasteiger partial charge in [-0.25, -0.2) is 9.48 Å². The van der Waals surface area contributed by atoms with E-state index in [9.17, 15) is 4.79 Å². The van der Waals surface area contributed by atoms with E-state index in [1.807, 2.05) is 19.1 Å². The van der Waals surface area contributed by atoms with Gasteiger partial charge in [0, 0.05) is 18.6 Å². The summed E-state index contributed by atoms with van der Waals surface area (Å²) in [6.07, 6.45) is 5.07. The van der Waals surface area contributed by atoms with Crippen molar-refractivity contribution in [2.45, 2.75) is 13.5 Å². The maximum atomic E-state index is 12.2. The van der Waals surface area contributed by atoms with Crippen LogP contribution < -0.4 is 5.69 Å². The van der Waals surface area contributed by atoms with Crippen LogP contribution in [-0.2, 0) is 6.54 Å². The smallest absolute Gasteiger partial charge is 0.334 e. The molecule has 4 rings (SSSR count). The van der Waals surface area contributed by atoms with E-state index in [1.54, 1.807) is 30.7 Å². The number of fused-ring (bicyclic) bond motifs is 1. The van der Waals surface area contributed by atoms with Crippen molar-refractivity contribution in [3.8, 4) is 11.5 Å². The van der Waals surface area contributed by atoms with E-state index in [1.165, 1.54) is 9.08 Å². The molecule has 0 amide bonds. The molecule has 0 fully saturated rings. The van der Waals surface area contributed by atoms with Crippen molar-refractivity contribution in [1.29, 1.82) is 0 Å². The number of nitrogens with zero attached hydrogens (tertiary/aromatic N) is 6. The van der Waals surface area contributed by atoms with E-state index in [0.717, 1.165) is 11.1 Å². The molecule has 0 aliphatic carbocycles. The number of pyridine rings is 2. The summed E-state index contributed by atoms with van der Waals surface area (Å²) in [7, 11) is 0. The molecule has 0 bridgehead atoms. The molecule has 23 heavy (non-hydrogen) atoms. The summed E-state index contributed by atoms with van der Waals surface area (Å²) in [5.41, 5.74) is 2.07. The van der Waals surface area contributed by atoms with Crippen LogP contribution in [0.15, 0.2) is 52.2 Å². The van der Waals surface area contributed by atoms with E-state index in [4.69, 9.17) is 4.52 Å². The summed E-state index contributed by atoms with van der Waals surface area (Å²) < 4.78 is 8.01. The molecule has 0 radical (unpaired) electrons. The Kier molecular flexibility index (Phi) is 3.00. The summed E-state index contributed by atoms with van der Waals surface area (Å²) >= 11 is 0. The van der Waals surface area contributed by atoms with Crippen molar-refractivity contribution in [3.63, 3.8) is 0 Å². The Morgan fingerprint density at radius 1 is 1.26 bits per heavy atom. The van der Waals surface area contributed by atoms with Gasteiger partial charge < -0.3 is 4.52 Å². The highest BCUT2D eigenvalue weighted by Gasteiger charge is 2.13. The lowest BCUT2D eigenvalue weighted by molar-refractivity contribution is 0.418. The lowest BCUT2D eigenvalue weighted by atomic mass is 10.2. The Balaban J connectivity index is 1.67. The second kappa shape index (κ2) is 5.16. The first-order valence-electron chi connectivity index (χ1n) is 6.99. The number of aromatic nitrogens is 6. The van der Waals surface area contributed by atoms with Gasteiger partial charge in [-0.2, -0.15) is 4.98 Å². The van der Waals surface area contributed by atoms with Gasteiger partial charge in [-0.05, 0) is 30.7 Å². The predicted octanol–water partition coefficient (Wildman–Crippen LogP) is 1.30. The number of rotatable bonds is 3. The second-order valence-electron chi connectivity index (χ2n) is 5.14. The van der Waals surface area contributed by atoms with Crippen LogP contribution in [0.2, 0.25) is 0 Å².